The molecule has 0 unspecified atom stereocenters. The van der Waals surface area contributed by atoms with Crippen LogP contribution in [-0.2, 0) is 6.54 Å². The minimum Gasteiger partial charge on any atom is -0.347 e. The van der Waals surface area contributed by atoms with Crippen molar-refractivity contribution in [2.45, 2.75) is 13.0 Å². The van der Waals surface area contributed by atoms with Crippen LogP contribution in [0.25, 0.3) is 10.9 Å². The highest BCUT2D eigenvalue weighted by atomic mass is 16.2. The number of rotatable bonds is 5. The van der Waals surface area contributed by atoms with Crippen LogP contribution in [0.5, 0.6) is 0 Å². The lowest BCUT2D eigenvalue weighted by Gasteiger charge is -2.08. The second-order valence-electron chi connectivity index (χ2n) is 5.04. The van der Waals surface area contributed by atoms with E-state index in [0.29, 0.717) is 12.2 Å². The summed E-state index contributed by atoms with van der Waals surface area (Å²) in [7, 11) is 0. The number of carbonyl (C=O) groups excluding carboxylic acids is 1. The molecule has 0 aliphatic carbocycles. The van der Waals surface area contributed by atoms with Crippen molar-refractivity contribution in [1.82, 2.24) is 14.9 Å². The van der Waals surface area contributed by atoms with Crippen LogP contribution in [0, 0.1) is 0 Å². The molecule has 5 heteroatoms. The van der Waals surface area contributed by atoms with Crippen molar-refractivity contribution < 1.29 is 4.79 Å². The first-order valence-electron chi connectivity index (χ1n) is 7.32. The van der Waals surface area contributed by atoms with E-state index in [4.69, 9.17) is 0 Å². The van der Waals surface area contributed by atoms with Gasteiger partial charge in [-0.2, -0.15) is 0 Å². The van der Waals surface area contributed by atoms with Gasteiger partial charge in [-0.1, -0.05) is 18.2 Å². The van der Waals surface area contributed by atoms with Crippen LogP contribution in [0.2, 0.25) is 0 Å². The molecule has 22 heavy (non-hydrogen) atoms. The molecule has 112 valence electrons. The average molecular weight is 294 g/mol. The molecule has 5 nitrogen and oxygen atoms in total. The van der Waals surface area contributed by atoms with E-state index >= 15 is 0 Å². The number of para-hydroxylation sites is 1. The molecule has 1 aromatic carbocycles. The summed E-state index contributed by atoms with van der Waals surface area (Å²) < 4.78 is 2.20. The summed E-state index contributed by atoms with van der Waals surface area (Å²) in [6, 6.07) is 13.8. The van der Waals surface area contributed by atoms with E-state index in [1.54, 1.807) is 24.5 Å². The first-order valence-corrected chi connectivity index (χ1v) is 7.32. The number of hydrogen-bond acceptors (Lipinski definition) is 2. The minimum atomic E-state index is -0.203. The smallest absolute Gasteiger partial charge is 0.319 e. The molecule has 0 saturated carbocycles. The van der Waals surface area contributed by atoms with Crippen LogP contribution in [0.4, 0.5) is 10.5 Å². The summed E-state index contributed by atoms with van der Waals surface area (Å²) in [4.78, 5) is 15.7. The van der Waals surface area contributed by atoms with Gasteiger partial charge in [0.15, 0.2) is 0 Å². The lowest BCUT2D eigenvalue weighted by Crippen LogP contribution is -2.30. The number of nitrogens with zero attached hydrogens (tertiary/aromatic N) is 2. The molecule has 0 aliphatic heterocycles. The number of nitrogens with one attached hydrogen (secondary N) is 2. The normalized spacial score (nSPS) is 10.5. The van der Waals surface area contributed by atoms with Crippen molar-refractivity contribution in [3.8, 4) is 0 Å². The van der Waals surface area contributed by atoms with Gasteiger partial charge in [-0.3, -0.25) is 4.98 Å². The maximum atomic E-state index is 11.7. The van der Waals surface area contributed by atoms with E-state index in [9.17, 15) is 4.79 Å². The fourth-order valence-electron chi connectivity index (χ4n) is 2.40. The summed E-state index contributed by atoms with van der Waals surface area (Å²) in [5, 5.41) is 6.84. The van der Waals surface area contributed by atoms with E-state index in [1.807, 2.05) is 12.1 Å². The highest BCUT2D eigenvalue weighted by Gasteiger charge is 2.02. The molecule has 0 aliphatic rings. The monoisotopic (exact) mass is 294 g/mol. The highest BCUT2D eigenvalue weighted by molar-refractivity contribution is 5.88. The maximum Gasteiger partial charge on any atom is 0.319 e. The molecule has 0 radical (unpaired) electrons. The zero-order chi connectivity index (χ0) is 15.2. The first-order chi connectivity index (χ1) is 10.8. The first kappa shape index (κ1) is 14.1. The number of pyridine rings is 1. The summed E-state index contributed by atoms with van der Waals surface area (Å²) in [5.74, 6) is 0. The van der Waals surface area contributed by atoms with E-state index in [1.165, 1.54) is 10.9 Å². The third-order valence-corrected chi connectivity index (χ3v) is 3.46. The number of hydrogen-bond donors (Lipinski definition) is 2. The third kappa shape index (κ3) is 3.44. The Hall–Kier alpha value is -2.82. The molecule has 2 N–H and O–H groups in total. The lowest BCUT2D eigenvalue weighted by molar-refractivity contribution is 0.252. The number of carbonyl (C=O) groups is 1. The number of benzene rings is 1. The Morgan fingerprint density at radius 1 is 1.14 bits per heavy atom. The molecular formula is C17H18N4O. The van der Waals surface area contributed by atoms with Crippen molar-refractivity contribution in [3.63, 3.8) is 0 Å². The Morgan fingerprint density at radius 2 is 2.05 bits per heavy atom. The molecule has 0 atom stereocenters. The van der Waals surface area contributed by atoms with Gasteiger partial charge in [0.25, 0.3) is 0 Å². The fraction of sp³-hybridized carbons (Fsp3) is 0.176. The molecule has 0 fully saturated rings. The van der Waals surface area contributed by atoms with Gasteiger partial charge in [0.2, 0.25) is 0 Å². The lowest BCUT2D eigenvalue weighted by atomic mass is 10.2. The molecule has 0 bridgehead atoms. The van der Waals surface area contributed by atoms with Crippen molar-refractivity contribution >= 4 is 22.6 Å². The summed E-state index contributed by atoms with van der Waals surface area (Å²) in [6.45, 7) is 1.50. The highest BCUT2D eigenvalue weighted by Crippen LogP contribution is 2.15. The third-order valence-electron chi connectivity index (χ3n) is 3.46. The van der Waals surface area contributed by atoms with Crippen LogP contribution in [-0.4, -0.2) is 22.1 Å². The Morgan fingerprint density at radius 3 is 2.91 bits per heavy atom. The largest absolute Gasteiger partial charge is 0.347 e. The fourth-order valence-corrected chi connectivity index (χ4v) is 2.40. The van der Waals surface area contributed by atoms with Crippen molar-refractivity contribution in [3.05, 3.63) is 61.1 Å². The van der Waals surface area contributed by atoms with Crippen LogP contribution in [0.3, 0.4) is 0 Å². The molecule has 0 spiro atoms. The van der Waals surface area contributed by atoms with E-state index < -0.39 is 0 Å². The minimum absolute atomic E-state index is 0.203. The zero-order valence-corrected chi connectivity index (χ0v) is 12.2. The van der Waals surface area contributed by atoms with E-state index in [-0.39, 0.29) is 6.03 Å². The van der Waals surface area contributed by atoms with Crippen LogP contribution in [0.15, 0.2) is 61.1 Å². The Bertz CT molecular complexity index is 751. The van der Waals surface area contributed by atoms with Gasteiger partial charge in [-0.05, 0) is 36.1 Å². The van der Waals surface area contributed by atoms with Crippen LogP contribution in [0.1, 0.15) is 6.42 Å². The van der Waals surface area contributed by atoms with Crippen LogP contribution >= 0.6 is 0 Å². The molecule has 2 aromatic heterocycles. The average Bonchev–Trinajstić information content (AvgIpc) is 2.96. The predicted octanol–water partition coefficient (Wildman–Crippen LogP) is 3.25. The molecule has 2 heterocycles. The van der Waals surface area contributed by atoms with Gasteiger partial charge < -0.3 is 15.2 Å². The molecule has 3 aromatic rings. The Kier molecular flexibility index (Phi) is 4.34. The second-order valence-corrected chi connectivity index (χ2v) is 5.04. The van der Waals surface area contributed by atoms with Crippen molar-refractivity contribution in [1.29, 1.82) is 0 Å². The molecule has 2 amide bonds. The Labute approximate surface area is 129 Å². The number of amides is 2. The van der Waals surface area contributed by atoms with Crippen LogP contribution < -0.4 is 10.6 Å². The van der Waals surface area contributed by atoms with Crippen molar-refractivity contribution in [2.24, 2.45) is 0 Å². The summed E-state index contributed by atoms with van der Waals surface area (Å²) in [5.41, 5.74) is 1.92. The second kappa shape index (κ2) is 6.76. The van der Waals surface area contributed by atoms with E-state index in [0.717, 1.165) is 13.0 Å². The number of fused-ring (bicyclic) bond motifs is 1. The standard InChI is InChI=1S/C17H18N4O/c22-17(20-15-6-3-9-18-13-15)19-10-4-11-21-12-8-14-5-1-2-7-16(14)21/h1-3,5-9,12-13H,4,10-11H2,(H2,19,20,22). The number of anilines is 1. The quantitative estimate of drug-likeness (QED) is 0.710. The van der Waals surface area contributed by atoms with Gasteiger partial charge in [-0.25, -0.2) is 4.79 Å². The Balaban J connectivity index is 1.45. The van der Waals surface area contributed by atoms with Gasteiger partial charge in [0.05, 0.1) is 11.9 Å². The number of urea groups is 1. The molecule has 0 saturated heterocycles. The van der Waals surface area contributed by atoms with Crippen molar-refractivity contribution in [2.75, 3.05) is 11.9 Å². The van der Waals surface area contributed by atoms with E-state index in [2.05, 4.69) is 44.6 Å². The molecule has 3 rings (SSSR count). The zero-order valence-electron chi connectivity index (χ0n) is 12.2. The summed E-state index contributed by atoms with van der Waals surface area (Å²) >= 11 is 0. The van der Waals surface area contributed by atoms with Gasteiger partial charge in [0, 0.05) is 31.0 Å². The van der Waals surface area contributed by atoms with Gasteiger partial charge in [-0.15, -0.1) is 0 Å². The number of aromatic nitrogens is 2. The van der Waals surface area contributed by atoms with Gasteiger partial charge in [0.1, 0.15) is 0 Å². The predicted molar refractivity (Wildman–Crippen MR) is 87.8 cm³/mol. The van der Waals surface area contributed by atoms with Gasteiger partial charge >= 0.3 is 6.03 Å². The maximum absolute atomic E-state index is 11.7. The SMILES string of the molecule is O=C(NCCCn1ccc2ccccc21)Nc1cccnc1. The molecular weight excluding hydrogens is 276 g/mol. The summed E-state index contributed by atoms with van der Waals surface area (Å²) in [6.07, 6.45) is 6.25. The number of aryl methyl sites for hydroxylation is 1. The topological polar surface area (TPSA) is 59.0 Å².